The summed E-state index contributed by atoms with van der Waals surface area (Å²) in [4.78, 5) is 37.2. The van der Waals surface area contributed by atoms with Crippen molar-refractivity contribution in [1.82, 2.24) is 21.4 Å². The van der Waals surface area contributed by atoms with Gasteiger partial charge in [0.15, 0.2) is 5.03 Å². The molecule has 2 bridgehead atoms. The first kappa shape index (κ1) is 31.7. The molecule has 3 aliphatic carbocycles. The van der Waals surface area contributed by atoms with Crippen LogP contribution in [0.2, 0.25) is 0 Å². The maximum absolute atomic E-state index is 13.7. The average molecular weight is 585 g/mol. The third-order valence-electron chi connectivity index (χ3n) is 9.38. The fourth-order valence-corrected chi connectivity index (χ4v) is 7.05. The lowest BCUT2D eigenvalue weighted by molar-refractivity contribution is -0.525. The van der Waals surface area contributed by atoms with Crippen molar-refractivity contribution in [2.45, 2.75) is 96.8 Å². The first-order valence-corrected chi connectivity index (χ1v) is 15.0. The summed E-state index contributed by atoms with van der Waals surface area (Å²) < 4.78 is 13.2. The molecule has 0 spiro atoms. The lowest BCUT2D eigenvalue weighted by Crippen LogP contribution is -2.65. The molecule has 42 heavy (non-hydrogen) atoms. The Hall–Kier alpha value is -3.19. The number of carbonyl (C=O) groups excluding carboxylic acids is 2. The van der Waals surface area contributed by atoms with Gasteiger partial charge in [0.25, 0.3) is 5.96 Å². The number of hydrazine groups is 1. The minimum atomic E-state index is -0.846. The molecule has 1 aliphatic heterocycles. The molecule has 4 fully saturated rings. The predicted octanol–water partition coefficient (Wildman–Crippen LogP) is 2.60. The molecule has 6 atom stereocenters. The highest BCUT2D eigenvalue weighted by atomic mass is 16.7. The van der Waals surface area contributed by atoms with Gasteiger partial charge in [-0.05, 0) is 67.8 Å². The molecule has 2 amide bonds. The summed E-state index contributed by atoms with van der Waals surface area (Å²) in [7, 11) is -0.586. The number of amides is 2. The molecular formula is C29H45BN6O6. The monoisotopic (exact) mass is 584 g/mol. The summed E-state index contributed by atoms with van der Waals surface area (Å²) >= 11 is 0. The first-order chi connectivity index (χ1) is 19.8. The predicted molar refractivity (Wildman–Crippen MR) is 159 cm³/mol. The SMILES string of the molecule is CC(C)C[C@H](NC(=O)[C@H](CCCNC(=N)N[N+](=O)[O-])NC(=O)Cc1ccccc1)B1O[C@@H]2C[C@@H]3C[C@@H](C3(C)C)[C@]2(C)O1. The van der Waals surface area contributed by atoms with E-state index in [0.717, 1.165) is 18.4 Å². The Morgan fingerprint density at radius 2 is 1.88 bits per heavy atom. The number of nitro groups is 1. The van der Waals surface area contributed by atoms with Gasteiger partial charge in [0, 0.05) is 6.54 Å². The molecule has 1 heterocycles. The molecule has 5 N–H and O–H groups in total. The molecule has 3 saturated carbocycles. The second-order valence-corrected chi connectivity index (χ2v) is 13.2. The lowest BCUT2D eigenvalue weighted by Gasteiger charge is -2.64. The molecule has 230 valence electrons. The second kappa shape index (κ2) is 13.0. The number of hydrogen-bond donors (Lipinski definition) is 5. The van der Waals surface area contributed by atoms with Gasteiger partial charge in [-0.1, -0.05) is 63.5 Å². The van der Waals surface area contributed by atoms with Crippen LogP contribution in [0.3, 0.4) is 0 Å². The number of rotatable bonds is 13. The molecule has 4 aliphatic rings. The largest absolute Gasteiger partial charge is 0.481 e. The summed E-state index contributed by atoms with van der Waals surface area (Å²) in [6.45, 7) is 11.1. The molecule has 1 saturated heterocycles. The Morgan fingerprint density at radius 3 is 2.52 bits per heavy atom. The van der Waals surface area contributed by atoms with Gasteiger partial charge in [-0.3, -0.25) is 15.0 Å². The van der Waals surface area contributed by atoms with Crippen molar-refractivity contribution in [2.24, 2.45) is 23.2 Å². The van der Waals surface area contributed by atoms with Crippen molar-refractivity contribution in [3.63, 3.8) is 0 Å². The Bertz CT molecular complexity index is 1150. The van der Waals surface area contributed by atoms with Crippen molar-refractivity contribution >= 4 is 24.9 Å². The number of nitrogens with zero attached hydrogens (tertiary/aromatic N) is 1. The van der Waals surface area contributed by atoms with Gasteiger partial charge in [-0.25, -0.2) is 10.1 Å². The van der Waals surface area contributed by atoms with Crippen LogP contribution in [0.5, 0.6) is 0 Å². The van der Waals surface area contributed by atoms with Crippen molar-refractivity contribution < 1.29 is 23.9 Å². The third kappa shape index (κ3) is 7.23. The second-order valence-electron chi connectivity index (χ2n) is 13.2. The van der Waals surface area contributed by atoms with Crippen molar-refractivity contribution in [2.75, 3.05) is 6.54 Å². The highest BCUT2D eigenvalue weighted by Crippen LogP contribution is 2.65. The van der Waals surface area contributed by atoms with E-state index in [4.69, 9.17) is 14.7 Å². The Morgan fingerprint density at radius 1 is 1.17 bits per heavy atom. The highest BCUT2D eigenvalue weighted by molar-refractivity contribution is 6.48. The van der Waals surface area contributed by atoms with E-state index in [2.05, 4.69) is 50.6 Å². The van der Waals surface area contributed by atoms with Crippen molar-refractivity contribution in [3.05, 3.63) is 46.0 Å². The number of hydrogen-bond acceptors (Lipinski definition) is 7. The van der Waals surface area contributed by atoms with Gasteiger partial charge in [-0.15, -0.1) is 0 Å². The zero-order valence-corrected chi connectivity index (χ0v) is 25.3. The minimum Gasteiger partial charge on any atom is -0.404 e. The smallest absolute Gasteiger partial charge is 0.404 e. The van der Waals surface area contributed by atoms with Crippen LogP contribution in [0.25, 0.3) is 0 Å². The number of carbonyl (C=O) groups is 2. The highest BCUT2D eigenvalue weighted by Gasteiger charge is 2.68. The van der Waals surface area contributed by atoms with E-state index in [1.807, 2.05) is 30.3 Å². The summed E-state index contributed by atoms with van der Waals surface area (Å²) in [5.74, 6) is -0.194. The van der Waals surface area contributed by atoms with E-state index in [1.165, 1.54) is 0 Å². The van der Waals surface area contributed by atoms with E-state index in [0.29, 0.717) is 24.7 Å². The van der Waals surface area contributed by atoms with E-state index in [-0.39, 0.29) is 48.6 Å². The fourth-order valence-electron chi connectivity index (χ4n) is 7.05. The number of guanidine groups is 1. The molecule has 0 aromatic heterocycles. The fraction of sp³-hybridized carbons (Fsp3) is 0.690. The van der Waals surface area contributed by atoms with E-state index in [1.54, 1.807) is 5.43 Å². The molecule has 1 aromatic carbocycles. The van der Waals surface area contributed by atoms with Crippen molar-refractivity contribution in [1.29, 1.82) is 5.41 Å². The Kier molecular flexibility index (Phi) is 9.82. The van der Waals surface area contributed by atoms with Gasteiger partial charge in [0.05, 0.1) is 24.1 Å². The average Bonchev–Trinajstić information content (AvgIpc) is 3.27. The summed E-state index contributed by atoms with van der Waals surface area (Å²) in [6.07, 6.45) is 3.50. The summed E-state index contributed by atoms with van der Waals surface area (Å²) in [5.41, 5.74) is 2.37. The molecule has 13 heteroatoms. The maximum Gasteiger partial charge on any atom is 0.481 e. The molecule has 0 unspecified atom stereocenters. The Balaban J connectivity index is 1.42. The molecule has 5 rings (SSSR count). The maximum atomic E-state index is 13.7. The van der Waals surface area contributed by atoms with Crippen LogP contribution in [-0.2, 0) is 25.3 Å². The van der Waals surface area contributed by atoms with Crippen LogP contribution in [0.15, 0.2) is 30.3 Å². The third-order valence-corrected chi connectivity index (χ3v) is 9.38. The number of nitrogens with one attached hydrogen (secondary N) is 5. The molecule has 12 nitrogen and oxygen atoms in total. The summed E-state index contributed by atoms with van der Waals surface area (Å²) in [5, 5.41) is 25.9. The Labute approximate surface area is 248 Å². The van der Waals surface area contributed by atoms with Gasteiger partial charge in [0.1, 0.15) is 6.04 Å². The van der Waals surface area contributed by atoms with Crippen LogP contribution < -0.4 is 21.4 Å². The van der Waals surface area contributed by atoms with Crippen LogP contribution >= 0.6 is 0 Å². The van der Waals surface area contributed by atoms with Gasteiger partial charge >= 0.3 is 7.12 Å². The zero-order chi connectivity index (χ0) is 30.7. The van der Waals surface area contributed by atoms with E-state index in [9.17, 15) is 19.7 Å². The minimum absolute atomic E-state index is 0.0126. The first-order valence-electron chi connectivity index (χ1n) is 15.0. The van der Waals surface area contributed by atoms with E-state index < -0.39 is 35.7 Å². The van der Waals surface area contributed by atoms with Crippen LogP contribution in [-0.4, -0.2) is 60.2 Å². The van der Waals surface area contributed by atoms with Gasteiger partial charge in [0.2, 0.25) is 11.8 Å². The molecular weight excluding hydrogens is 539 g/mol. The normalized spacial score (nSPS) is 26.8. The van der Waals surface area contributed by atoms with Gasteiger partial charge < -0.3 is 25.3 Å². The van der Waals surface area contributed by atoms with E-state index >= 15 is 0 Å². The number of benzene rings is 1. The van der Waals surface area contributed by atoms with Gasteiger partial charge in [-0.2, -0.15) is 0 Å². The molecule has 1 aromatic rings. The summed E-state index contributed by atoms with van der Waals surface area (Å²) in [6, 6.07) is 8.44. The topological polar surface area (TPSA) is 168 Å². The zero-order valence-electron chi connectivity index (χ0n) is 25.3. The molecule has 0 radical (unpaired) electrons. The quantitative estimate of drug-likeness (QED) is 0.0589. The standard InChI is InChI=1S/C29H45BN6O6/c1-18(2)14-24(30-41-23-17-20-16-22(28(20,3)4)29(23,5)42-30)34-26(38)21(12-9-13-32-27(31)35-36(39)40)33-25(37)15-19-10-7-6-8-11-19/h6-8,10-11,18,20-24H,9,12-17H2,1-5H3,(H,33,37)(H,34,38)(H3,31,32,35)/t20-,21-,22-,23+,24-,29-/m0/s1. The van der Waals surface area contributed by atoms with Crippen LogP contribution in [0, 0.1) is 38.7 Å². The lowest BCUT2D eigenvalue weighted by atomic mass is 9.43. The van der Waals surface area contributed by atoms with Crippen LogP contribution in [0.4, 0.5) is 0 Å². The van der Waals surface area contributed by atoms with Crippen molar-refractivity contribution in [3.8, 4) is 0 Å². The van der Waals surface area contributed by atoms with Crippen LogP contribution in [0.1, 0.15) is 72.3 Å².